The maximum absolute atomic E-state index is 8.75. The molecule has 0 aliphatic rings. The van der Waals surface area contributed by atoms with E-state index in [-0.39, 0.29) is 0 Å². The van der Waals surface area contributed by atoms with Crippen molar-refractivity contribution >= 4 is 6.08 Å². The second-order valence-corrected chi connectivity index (χ2v) is 4.53. The SMILES string of the molecule is N#CC=Cc1cc(-c2ccccc2)nn1-c1ccccc1. The van der Waals surface area contributed by atoms with Crippen LogP contribution >= 0.6 is 0 Å². The van der Waals surface area contributed by atoms with Gasteiger partial charge in [-0.25, -0.2) is 4.68 Å². The Labute approximate surface area is 123 Å². The Balaban J connectivity index is 2.12. The highest BCUT2D eigenvalue weighted by molar-refractivity contribution is 5.64. The molecule has 0 atom stereocenters. The first-order chi connectivity index (χ1) is 10.4. The second-order valence-electron chi connectivity index (χ2n) is 4.53. The summed E-state index contributed by atoms with van der Waals surface area (Å²) in [5.41, 5.74) is 3.79. The van der Waals surface area contributed by atoms with E-state index < -0.39 is 0 Å². The van der Waals surface area contributed by atoms with Gasteiger partial charge in [-0.3, -0.25) is 0 Å². The molecule has 0 radical (unpaired) electrons. The van der Waals surface area contributed by atoms with Crippen LogP contribution in [0.2, 0.25) is 0 Å². The van der Waals surface area contributed by atoms with E-state index in [9.17, 15) is 0 Å². The minimum atomic E-state index is 0.876. The van der Waals surface area contributed by atoms with Gasteiger partial charge >= 0.3 is 0 Å². The lowest BCUT2D eigenvalue weighted by atomic mass is 10.1. The Morgan fingerprint density at radius 3 is 2.29 bits per heavy atom. The predicted octanol–water partition coefficient (Wildman–Crippen LogP) is 4.08. The van der Waals surface area contributed by atoms with E-state index in [1.165, 1.54) is 6.08 Å². The minimum absolute atomic E-state index is 0.876. The van der Waals surface area contributed by atoms with Gasteiger partial charge in [0.25, 0.3) is 0 Å². The lowest BCUT2D eigenvalue weighted by molar-refractivity contribution is 0.875. The summed E-state index contributed by atoms with van der Waals surface area (Å²) in [6, 6.07) is 23.9. The monoisotopic (exact) mass is 271 g/mol. The summed E-state index contributed by atoms with van der Waals surface area (Å²) in [5, 5.41) is 13.4. The third kappa shape index (κ3) is 2.75. The molecule has 0 amide bonds. The number of benzene rings is 2. The third-order valence-corrected chi connectivity index (χ3v) is 3.14. The van der Waals surface area contributed by atoms with Crippen LogP contribution in [-0.4, -0.2) is 9.78 Å². The van der Waals surface area contributed by atoms with E-state index in [2.05, 4.69) is 5.10 Å². The fourth-order valence-electron chi connectivity index (χ4n) is 2.16. The smallest absolute Gasteiger partial charge is 0.0933 e. The Morgan fingerprint density at radius 2 is 1.62 bits per heavy atom. The number of hydrogen-bond acceptors (Lipinski definition) is 2. The molecule has 3 aromatic rings. The van der Waals surface area contributed by atoms with Crippen molar-refractivity contribution in [1.29, 1.82) is 5.26 Å². The van der Waals surface area contributed by atoms with Crippen LogP contribution < -0.4 is 0 Å². The molecule has 0 unspecified atom stereocenters. The zero-order valence-electron chi connectivity index (χ0n) is 11.3. The maximum Gasteiger partial charge on any atom is 0.0933 e. The van der Waals surface area contributed by atoms with Crippen molar-refractivity contribution < 1.29 is 0 Å². The largest absolute Gasteiger partial charge is 0.233 e. The van der Waals surface area contributed by atoms with E-state index in [1.54, 1.807) is 6.08 Å². The molecule has 3 heteroatoms. The molecule has 1 aromatic heterocycles. The summed E-state index contributed by atoms with van der Waals surface area (Å²) in [7, 11) is 0. The topological polar surface area (TPSA) is 41.6 Å². The van der Waals surface area contributed by atoms with Crippen LogP contribution in [0.5, 0.6) is 0 Å². The first kappa shape index (κ1) is 12.9. The summed E-state index contributed by atoms with van der Waals surface area (Å²) in [4.78, 5) is 0. The maximum atomic E-state index is 8.75. The summed E-state index contributed by atoms with van der Waals surface area (Å²) in [6.45, 7) is 0. The molecule has 3 rings (SSSR count). The van der Waals surface area contributed by atoms with Crippen LogP contribution in [0.15, 0.2) is 72.8 Å². The molecule has 21 heavy (non-hydrogen) atoms. The van der Waals surface area contributed by atoms with Crippen molar-refractivity contribution in [3.8, 4) is 23.0 Å². The molecule has 0 fully saturated rings. The van der Waals surface area contributed by atoms with Crippen molar-refractivity contribution in [2.45, 2.75) is 0 Å². The van der Waals surface area contributed by atoms with Gasteiger partial charge < -0.3 is 0 Å². The summed E-state index contributed by atoms with van der Waals surface area (Å²) >= 11 is 0. The van der Waals surface area contributed by atoms with Gasteiger partial charge in [0.05, 0.1) is 23.1 Å². The van der Waals surface area contributed by atoms with Crippen LogP contribution in [0.4, 0.5) is 0 Å². The van der Waals surface area contributed by atoms with Crippen LogP contribution in [0.3, 0.4) is 0 Å². The van der Waals surface area contributed by atoms with Crippen LogP contribution in [0, 0.1) is 11.3 Å². The molecule has 0 saturated carbocycles. The Hall–Kier alpha value is -3.12. The number of hydrogen-bond donors (Lipinski definition) is 0. The fraction of sp³-hybridized carbons (Fsp3) is 0. The number of allylic oxidation sites excluding steroid dienone is 1. The second kappa shape index (κ2) is 5.89. The molecule has 100 valence electrons. The number of para-hydroxylation sites is 1. The molecule has 0 aliphatic carbocycles. The standard InChI is InChI=1S/C18H13N3/c19-13-7-12-17-14-18(15-8-3-1-4-9-15)20-21(17)16-10-5-2-6-11-16/h1-12,14H. The zero-order chi connectivity index (χ0) is 14.5. The molecule has 0 bridgehead atoms. The first-order valence-corrected chi connectivity index (χ1v) is 6.65. The summed E-state index contributed by atoms with van der Waals surface area (Å²) in [5.74, 6) is 0. The molecule has 3 nitrogen and oxygen atoms in total. The molecule has 1 heterocycles. The Bertz CT molecular complexity index is 793. The van der Waals surface area contributed by atoms with E-state index in [1.807, 2.05) is 77.5 Å². The van der Waals surface area contributed by atoms with E-state index >= 15 is 0 Å². The van der Waals surface area contributed by atoms with E-state index in [0.29, 0.717) is 0 Å². The fourth-order valence-corrected chi connectivity index (χ4v) is 2.16. The van der Waals surface area contributed by atoms with Crippen molar-refractivity contribution in [1.82, 2.24) is 9.78 Å². The molecular weight excluding hydrogens is 258 g/mol. The number of nitriles is 1. The number of rotatable bonds is 3. The Morgan fingerprint density at radius 1 is 0.952 bits per heavy atom. The predicted molar refractivity (Wildman–Crippen MR) is 83.6 cm³/mol. The molecular formula is C18H13N3. The minimum Gasteiger partial charge on any atom is -0.233 e. The average molecular weight is 271 g/mol. The highest BCUT2D eigenvalue weighted by Gasteiger charge is 2.08. The molecule has 0 N–H and O–H groups in total. The van der Waals surface area contributed by atoms with Gasteiger partial charge in [0.1, 0.15) is 0 Å². The lowest BCUT2D eigenvalue weighted by Crippen LogP contribution is -1.98. The van der Waals surface area contributed by atoms with Crippen molar-refractivity contribution in [3.05, 3.63) is 78.5 Å². The normalized spacial score (nSPS) is 10.6. The van der Waals surface area contributed by atoms with Crippen molar-refractivity contribution in [2.24, 2.45) is 0 Å². The van der Waals surface area contributed by atoms with E-state index in [0.717, 1.165) is 22.6 Å². The third-order valence-electron chi connectivity index (χ3n) is 3.14. The van der Waals surface area contributed by atoms with Crippen molar-refractivity contribution in [3.63, 3.8) is 0 Å². The molecule has 2 aromatic carbocycles. The Kier molecular flexibility index (Phi) is 3.62. The molecule has 0 saturated heterocycles. The molecule has 0 spiro atoms. The van der Waals surface area contributed by atoms with Gasteiger partial charge in [-0.2, -0.15) is 10.4 Å². The average Bonchev–Trinajstić information content (AvgIpc) is 2.99. The van der Waals surface area contributed by atoms with Crippen LogP contribution in [0.25, 0.3) is 23.0 Å². The van der Waals surface area contributed by atoms with Crippen LogP contribution in [0.1, 0.15) is 5.69 Å². The quantitative estimate of drug-likeness (QED) is 0.674. The molecule has 0 aliphatic heterocycles. The lowest BCUT2D eigenvalue weighted by Gasteiger charge is -2.03. The number of aromatic nitrogens is 2. The van der Waals surface area contributed by atoms with Crippen molar-refractivity contribution in [2.75, 3.05) is 0 Å². The van der Waals surface area contributed by atoms with Crippen LogP contribution in [-0.2, 0) is 0 Å². The van der Waals surface area contributed by atoms with E-state index in [4.69, 9.17) is 5.26 Å². The number of nitrogens with zero attached hydrogens (tertiary/aromatic N) is 3. The van der Waals surface area contributed by atoms with Gasteiger partial charge in [0.2, 0.25) is 0 Å². The highest BCUT2D eigenvalue weighted by Crippen LogP contribution is 2.22. The first-order valence-electron chi connectivity index (χ1n) is 6.65. The summed E-state index contributed by atoms with van der Waals surface area (Å²) < 4.78 is 1.84. The van der Waals surface area contributed by atoms with Gasteiger partial charge in [0, 0.05) is 11.6 Å². The van der Waals surface area contributed by atoms with Gasteiger partial charge in [-0.1, -0.05) is 48.5 Å². The van der Waals surface area contributed by atoms with Gasteiger partial charge in [0.15, 0.2) is 0 Å². The van der Waals surface area contributed by atoms with Gasteiger partial charge in [-0.15, -0.1) is 0 Å². The summed E-state index contributed by atoms with van der Waals surface area (Å²) in [6.07, 6.45) is 3.23. The zero-order valence-corrected chi connectivity index (χ0v) is 11.3. The van der Waals surface area contributed by atoms with Gasteiger partial charge in [-0.05, 0) is 24.3 Å². The highest BCUT2D eigenvalue weighted by atomic mass is 15.3.